The zero-order valence-corrected chi connectivity index (χ0v) is 16.5. The molecule has 0 aliphatic heterocycles. The minimum atomic E-state index is -0.527. The molecule has 0 radical (unpaired) electrons. The van der Waals surface area contributed by atoms with Crippen LogP contribution in [-0.2, 0) is 11.3 Å². The summed E-state index contributed by atoms with van der Waals surface area (Å²) in [5, 5.41) is 13.8. The van der Waals surface area contributed by atoms with E-state index in [0.29, 0.717) is 16.6 Å². The fraction of sp³-hybridized carbons (Fsp3) is 0.100. The normalized spacial score (nSPS) is 10.8. The van der Waals surface area contributed by atoms with Gasteiger partial charge in [-0.3, -0.25) is 19.5 Å². The van der Waals surface area contributed by atoms with E-state index < -0.39 is 10.9 Å². The van der Waals surface area contributed by atoms with Gasteiger partial charge in [-0.15, -0.1) is 11.3 Å². The van der Waals surface area contributed by atoms with Crippen LogP contribution in [0.5, 0.6) is 0 Å². The van der Waals surface area contributed by atoms with Crippen molar-refractivity contribution in [1.82, 2.24) is 14.5 Å². The summed E-state index contributed by atoms with van der Waals surface area (Å²) < 4.78 is 6.10. The van der Waals surface area contributed by atoms with Crippen LogP contribution in [0.25, 0.3) is 21.5 Å². The molecule has 0 aliphatic rings. The quantitative estimate of drug-likeness (QED) is 0.275. The van der Waals surface area contributed by atoms with E-state index in [1.807, 2.05) is 5.38 Å². The van der Waals surface area contributed by atoms with Gasteiger partial charge in [0.15, 0.2) is 0 Å². The highest BCUT2D eigenvalue weighted by Crippen LogP contribution is 2.24. The molecule has 0 unspecified atom stereocenters. The van der Waals surface area contributed by atoms with E-state index in [0.717, 1.165) is 10.6 Å². The van der Waals surface area contributed by atoms with Gasteiger partial charge in [-0.2, -0.15) is 0 Å². The van der Waals surface area contributed by atoms with Gasteiger partial charge in [0.1, 0.15) is 5.01 Å². The van der Waals surface area contributed by atoms with Gasteiger partial charge in [-0.1, -0.05) is 12.1 Å². The predicted octanol–water partition coefficient (Wildman–Crippen LogP) is 3.26. The van der Waals surface area contributed by atoms with Crippen LogP contribution in [0.15, 0.2) is 59.0 Å². The van der Waals surface area contributed by atoms with Crippen LogP contribution in [0.3, 0.4) is 0 Å². The number of esters is 1. The van der Waals surface area contributed by atoms with E-state index in [1.165, 1.54) is 47.5 Å². The average molecular weight is 422 g/mol. The van der Waals surface area contributed by atoms with Crippen molar-refractivity contribution < 1.29 is 14.5 Å². The van der Waals surface area contributed by atoms with Crippen LogP contribution < -0.4 is 5.56 Å². The van der Waals surface area contributed by atoms with E-state index in [-0.39, 0.29) is 23.3 Å². The van der Waals surface area contributed by atoms with E-state index in [1.54, 1.807) is 24.3 Å². The molecule has 0 bridgehead atoms. The Morgan fingerprint density at radius 2 is 2.00 bits per heavy atom. The maximum absolute atomic E-state index is 12.7. The second kappa shape index (κ2) is 7.84. The third-order valence-electron chi connectivity index (χ3n) is 4.46. The molecule has 2 heterocycles. The number of benzene rings is 2. The van der Waals surface area contributed by atoms with Crippen LogP contribution >= 0.6 is 11.3 Å². The van der Waals surface area contributed by atoms with Crippen molar-refractivity contribution in [2.24, 2.45) is 0 Å². The summed E-state index contributed by atoms with van der Waals surface area (Å²) >= 11 is 1.42. The van der Waals surface area contributed by atoms with Crippen molar-refractivity contribution in [1.29, 1.82) is 0 Å². The number of non-ortho nitro benzene ring substituents is 1. The molecule has 10 heteroatoms. The lowest BCUT2D eigenvalue weighted by molar-refractivity contribution is -0.384. The third-order valence-corrected chi connectivity index (χ3v) is 5.40. The number of carbonyl (C=O) groups is 1. The summed E-state index contributed by atoms with van der Waals surface area (Å²) in [6, 6.07) is 10.9. The van der Waals surface area contributed by atoms with Crippen molar-refractivity contribution in [3.05, 3.63) is 85.9 Å². The second-order valence-electron chi connectivity index (χ2n) is 6.35. The number of ether oxygens (including phenoxy) is 1. The maximum Gasteiger partial charge on any atom is 0.337 e. The minimum Gasteiger partial charge on any atom is -0.465 e. The number of nitro benzene ring substituents is 1. The number of nitrogens with zero attached hydrogens (tertiary/aromatic N) is 4. The molecule has 2 aromatic heterocycles. The lowest BCUT2D eigenvalue weighted by Gasteiger charge is -2.05. The number of nitro groups is 1. The Morgan fingerprint density at radius 1 is 1.23 bits per heavy atom. The second-order valence-corrected chi connectivity index (χ2v) is 7.21. The zero-order chi connectivity index (χ0) is 21.3. The highest BCUT2D eigenvalue weighted by Gasteiger charge is 2.12. The number of methoxy groups -OCH3 is 1. The smallest absolute Gasteiger partial charge is 0.337 e. The van der Waals surface area contributed by atoms with Gasteiger partial charge in [0, 0.05) is 23.1 Å². The Bertz CT molecular complexity index is 1330. The molecule has 0 spiro atoms. The predicted molar refractivity (Wildman–Crippen MR) is 111 cm³/mol. The summed E-state index contributed by atoms with van der Waals surface area (Å²) in [5.41, 5.74) is 1.83. The molecule has 0 fully saturated rings. The van der Waals surface area contributed by atoms with Crippen LogP contribution in [0.2, 0.25) is 0 Å². The van der Waals surface area contributed by atoms with Gasteiger partial charge in [0.05, 0.1) is 47.1 Å². The number of carbonyl (C=O) groups excluding carboxylic acids is 1. The maximum atomic E-state index is 12.7. The summed E-state index contributed by atoms with van der Waals surface area (Å²) in [4.78, 5) is 43.3. The summed E-state index contributed by atoms with van der Waals surface area (Å²) in [6.45, 7) is 0.218. The lowest BCUT2D eigenvalue weighted by atomic mass is 10.1. The summed E-state index contributed by atoms with van der Waals surface area (Å²) in [5.74, 6) is -0.408. The molecule has 4 rings (SSSR count). The van der Waals surface area contributed by atoms with Crippen molar-refractivity contribution in [3.63, 3.8) is 0 Å². The standard InChI is InChI=1S/C20H14N4O5S/c1-29-20(26)13-4-2-12(3-5-13)18-22-14(10-30-18)9-23-11-21-17-8-15(24(27)28)6-7-16(17)19(23)25/h2-8,10-11H,9H2,1H3. The van der Waals surface area contributed by atoms with Gasteiger partial charge in [-0.25, -0.2) is 14.8 Å². The minimum absolute atomic E-state index is 0.116. The first kappa shape index (κ1) is 19.4. The van der Waals surface area contributed by atoms with Crippen molar-refractivity contribution in [2.75, 3.05) is 7.11 Å². The van der Waals surface area contributed by atoms with Gasteiger partial charge < -0.3 is 4.74 Å². The molecule has 0 N–H and O–H groups in total. The summed E-state index contributed by atoms with van der Waals surface area (Å²) in [7, 11) is 1.33. The molecular formula is C20H14N4O5S. The van der Waals surface area contributed by atoms with Gasteiger partial charge in [-0.05, 0) is 18.2 Å². The average Bonchev–Trinajstić information content (AvgIpc) is 3.23. The Balaban J connectivity index is 1.59. The number of thiazole rings is 1. The first-order valence-corrected chi connectivity index (χ1v) is 9.61. The van der Waals surface area contributed by atoms with Crippen molar-refractivity contribution in [3.8, 4) is 10.6 Å². The molecule has 2 aromatic carbocycles. The van der Waals surface area contributed by atoms with Crippen LogP contribution in [0.4, 0.5) is 5.69 Å². The van der Waals surface area contributed by atoms with E-state index in [4.69, 9.17) is 0 Å². The number of hydrogen-bond donors (Lipinski definition) is 0. The van der Waals surface area contributed by atoms with Gasteiger partial charge in [0.25, 0.3) is 11.2 Å². The molecule has 9 nitrogen and oxygen atoms in total. The molecule has 0 saturated carbocycles. The summed E-state index contributed by atoms with van der Waals surface area (Å²) in [6.07, 6.45) is 1.36. The van der Waals surface area contributed by atoms with Crippen molar-refractivity contribution >= 4 is 33.9 Å². The molecular weight excluding hydrogens is 408 g/mol. The van der Waals surface area contributed by atoms with E-state index in [2.05, 4.69) is 14.7 Å². The Hall–Kier alpha value is -3.92. The fourth-order valence-electron chi connectivity index (χ4n) is 2.93. The monoisotopic (exact) mass is 422 g/mol. The number of fused-ring (bicyclic) bond motifs is 1. The van der Waals surface area contributed by atoms with E-state index in [9.17, 15) is 19.7 Å². The first-order valence-electron chi connectivity index (χ1n) is 8.73. The third kappa shape index (κ3) is 3.67. The Morgan fingerprint density at radius 3 is 2.70 bits per heavy atom. The Labute approximate surface area is 173 Å². The lowest BCUT2D eigenvalue weighted by Crippen LogP contribution is -2.21. The topological polar surface area (TPSA) is 117 Å². The van der Waals surface area contributed by atoms with Crippen LogP contribution in [0.1, 0.15) is 16.1 Å². The number of hydrogen-bond acceptors (Lipinski definition) is 8. The number of aromatic nitrogens is 3. The molecule has 30 heavy (non-hydrogen) atoms. The molecule has 0 aliphatic carbocycles. The highest BCUT2D eigenvalue weighted by molar-refractivity contribution is 7.13. The first-order chi connectivity index (χ1) is 14.5. The number of rotatable bonds is 5. The molecule has 4 aromatic rings. The molecule has 0 saturated heterocycles. The van der Waals surface area contributed by atoms with E-state index >= 15 is 0 Å². The SMILES string of the molecule is COC(=O)c1ccc(-c2nc(Cn3cnc4cc([N+](=O)[O-])ccc4c3=O)cs2)cc1. The van der Waals surface area contributed by atoms with Gasteiger partial charge >= 0.3 is 5.97 Å². The molecule has 0 amide bonds. The van der Waals surface area contributed by atoms with Crippen LogP contribution in [0, 0.1) is 10.1 Å². The molecule has 0 atom stereocenters. The largest absolute Gasteiger partial charge is 0.465 e. The van der Waals surface area contributed by atoms with Crippen molar-refractivity contribution in [2.45, 2.75) is 6.54 Å². The fourth-order valence-corrected chi connectivity index (χ4v) is 3.74. The van der Waals surface area contributed by atoms with Crippen LogP contribution in [-0.4, -0.2) is 32.5 Å². The zero-order valence-electron chi connectivity index (χ0n) is 15.6. The molecule has 150 valence electrons. The highest BCUT2D eigenvalue weighted by atomic mass is 32.1. The van der Waals surface area contributed by atoms with Gasteiger partial charge in [0.2, 0.25) is 0 Å². The Kier molecular flexibility index (Phi) is 5.07.